The second kappa shape index (κ2) is 6.27. The summed E-state index contributed by atoms with van der Waals surface area (Å²) in [5.74, 6) is -1.26. The van der Waals surface area contributed by atoms with Gasteiger partial charge >= 0.3 is 0 Å². The van der Waals surface area contributed by atoms with Gasteiger partial charge in [-0.25, -0.2) is 8.78 Å². The van der Waals surface area contributed by atoms with Gasteiger partial charge in [0.1, 0.15) is 16.7 Å². The summed E-state index contributed by atoms with van der Waals surface area (Å²) in [6.45, 7) is 3.82. The highest BCUT2D eigenvalue weighted by atomic mass is 35.5. The average molecular weight is 355 g/mol. The first-order valence-electron chi connectivity index (χ1n) is 8.38. The molecule has 0 amide bonds. The van der Waals surface area contributed by atoms with Crippen LogP contribution in [0.5, 0.6) is 0 Å². The minimum Gasteiger partial charge on any atom is -0.205 e. The van der Waals surface area contributed by atoms with Crippen molar-refractivity contribution in [1.29, 1.82) is 0 Å². The fourth-order valence-electron chi connectivity index (χ4n) is 3.85. The topological polar surface area (TPSA) is 0 Å². The second-order valence-corrected chi connectivity index (χ2v) is 7.00. The fourth-order valence-corrected chi connectivity index (χ4v) is 3.96. The molecule has 0 aromatic heterocycles. The van der Waals surface area contributed by atoms with Crippen molar-refractivity contribution in [2.24, 2.45) is 0 Å². The Bertz CT molecular complexity index is 968. The lowest BCUT2D eigenvalue weighted by Crippen LogP contribution is -2.13. The molecule has 0 N–H and O–H groups in total. The van der Waals surface area contributed by atoms with Gasteiger partial charge < -0.3 is 0 Å². The zero-order valence-electron chi connectivity index (χ0n) is 13.7. The van der Waals surface area contributed by atoms with E-state index >= 15 is 0 Å². The first-order valence-corrected chi connectivity index (χ1v) is 8.76. The van der Waals surface area contributed by atoms with E-state index in [9.17, 15) is 8.78 Å². The van der Waals surface area contributed by atoms with Gasteiger partial charge in [-0.1, -0.05) is 48.5 Å². The van der Waals surface area contributed by atoms with E-state index in [4.69, 9.17) is 11.6 Å². The molecular formula is C22H17ClF2. The van der Waals surface area contributed by atoms with Gasteiger partial charge in [-0.3, -0.25) is 0 Å². The maximum Gasteiger partial charge on any atom is 0.145 e. The third-order valence-electron chi connectivity index (χ3n) is 5.17. The lowest BCUT2D eigenvalue weighted by atomic mass is 9.78. The van der Waals surface area contributed by atoms with Gasteiger partial charge in [0.15, 0.2) is 0 Å². The Morgan fingerprint density at radius 2 is 1.80 bits per heavy atom. The highest BCUT2D eigenvalue weighted by molar-refractivity contribution is 6.30. The summed E-state index contributed by atoms with van der Waals surface area (Å²) >= 11 is 5.60. The van der Waals surface area contributed by atoms with Crippen LogP contribution in [0.25, 0.3) is 16.8 Å². The number of hydrogen-bond acceptors (Lipinski definition) is 0. The minimum atomic E-state index is -0.682. The molecule has 1 aliphatic rings. The van der Waals surface area contributed by atoms with E-state index in [-0.39, 0.29) is 5.92 Å². The lowest BCUT2D eigenvalue weighted by molar-refractivity contribution is 0.552. The molecule has 3 aromatic rings. The molecule has 0 fully saturated rings. The molecular weight excluding hydrogens is 338 g/mol. The van der Waals surface area contributed by atoms with Gasteiger partial charge in [0, 0.05) is 0 Å². The summed E-state index contributed by atoms with van der Waals surface area (Å²) in [6, 6.07) is 13.4. The third-order valence-corrected chi connectivity index (χ3v) is 5.54. The molecule has 0 nitrogen and oxygen atoms in total. The highest BCUT2D eigenvalue weighted by Crippen LogP contribution is 2.37. The number of aryl methyl sites for hydroxylation is 1. The number of hydrogen-bond donors (Lipinski definition) is 0. The molecule has 3 heteroatoms. The van der Waals surface area contributed by atoms with Crippen LogP contribution in [0.15, 0.2) is 49.0 Å². The van der Waals surface area contributed by atoms with Crippen molar-refractivity contribution in [1.82, 2.24) is 0 Å². The van der Waals surface area contributed by atoms with Gasteiger partial charge in [-0.05, 0) is 76.4 Å². The van der Waals surface area contributed by atoms with Gasteiger partial charge in [-0.2, -0.15) is 0 Å². The van der Waals surface area contributed by atoms with Crippen LogP contribution in [-0.2, 0) is 12.8 Å². The average Bonchev–Trinajstić information content (AvgIpc) is 2.64. The molecule has 3 aromatic carbocycles. The van der Waals surface area contributed by atoms with Crippen molar-refractivity contribution in [3.63, 3.8) is 0 Å². The van der Waals surface area contributed by atoms with Crippen LogP contribution in [0.4, 0.5) is 8.78 Å². The zero-order chi connectivity index (χ0) is 17.6. The van der Waals surface area contributed by atoms with Gasteiger partial charge in [0.2, 0.25) is 0 Å². The largest absolute Gasteiger partial charge is 0.205 e. The van der Waals surface area contributed by atoms with Crippen LogP contribution in [0, 0.1) is 11.6 Å². The second-order valence-electron chi connectivity index (χ2n) is 6.63. The zero-order valence-corrected chi connectivity index (χ0v) is 14.4. The van der Waals surface area contributed by atoms with E-state index in [1.807, 2.05) is 6.08 Å². The SMILES string of the molecule is C=Cc1ccc2c3c(ccc2c1)CC(c1cc(F)c(Cl)c(F)c1)CC3. The molecule has 0 spiro atoms. The summed E-state index contributed by atoms with van der Waals surface area (Å²) in [7, 11) is 0. The van der Waals surface area contributed by atoms with E-state index in [0.29, 0.717) is 5.56 Å². The molecule has 0 aliphatic heterocycles. The van der Waals surface area contributed by atoms with Crippen molar-refractivity contribution >= 4 is 28.4 Å². The molecule has 4 rings (SSSR count). The number of rotatable bonds is 2. The number of benzene rings is 3. The molecule has 25 heavy (non-hydrogen) atoms. The molecule has 0 radical (unpaired) electrons. The minimum absolute atomic E-state index is 0.110. The van der Waals surface area contributed by atoms with Crippen LogP contribution in [-0.4, -0.2) is 0 Å². The summed E-state index contributed by atoms with van der Waals surface area (Å²) in [5.41, 5.74) is 4.39. The van der Waals surface area contributed by atoms with Crippen LogP contribution in [0.1, 0.15) is 34.6 Å². The molecule has 1 atom stereocenters. The fraction of sp³-hybridized carbons (Fsp3) is 0.182. The Morgan fingerprint density at radius 3 is 2.52 bits per heavy atom. The Balaban J connectivity index is 1.72. The monoisotopic (exact) mass is 354 g/mol. The van der Waals surface area contributed by atoms with Crippen molar-refractivity contribution < 1.29 is 8.78 Å². The first-order chi connectivity index (χ1) is 12.1. The summed E-state index contributed by atoms with van der Waals surface area (Å²) in [4.78, 5) is 0. The smallest absolute Gasteiger partial charge is 0.145 e. The molecule has 0 saturated heterocycles. The van der Waals surface area contributed by atoms with E-state index in [0.717, 1.165) is 24.8 Å². The van der Waals surface area contributed by atoms with Crippen molar-refractivity contribution in [3.8, 4) is 0 Å². The van der Waals surface area contributed by atoms with E-state index in [1.165, 1.54) is 34.0 Å². The molecule has 1 unspecified atom stereocenters. The quantitative estimate of drug-likeness (QED) is 0.450. The Labute approximate surface area is 150 Å². The molecule has 0 heterocycles. The lowest BCUT2D eigenvalue weighted by Gasteiger charge is -2.26. The van der Waals surface area contributed by atoms with Crippen molar-refractivity contribution in [3.05, 3.63) is 88.0 Å². The Morgan fingerprint density at radius 1 is 1.04 bits per heavy atom. The first kappa shape index (κ1) is 16.3. The maximum absolute atomic E-state index is 13.8. The van der Waals surface area contributed by atoms with Gasteiger partial charge in [0.05, 0.1) is 0 Å². The molecule has 126 valence electrons. The molecule has 1 aliphatic carbocycles. The third kappa shape index (κ3) is 2.85. The van der Waals surface area contributed by atoms with E-state index in [1.54, 1.807) is 0 Å². The van der Waals surface area contributed by atoms with Crippen LogP contribution < -0.4 is 0 Å². The van der Waals surface area contributed by atoms with Gasteiger partial charge in [-0.15, -0.1) is 0 Å². The van der Waals surface area contributed by atoms with Crippen LogP contribution in [0.2, 0.25) is 5.02 Å². The molecule has 0 bridgehead atoms. The van der Waals surface area contributed by atoms with E-state index < -0.39 is 16.7 Å². The number of halogens is 3. The predicted octanol–water partition coefficient (Wildman–Crippen LogP) is 6.69. The predicted molar refractivity (Wildman–Crippen MR) is 100 cm³/mol. The van der Waals surface area contributed by atoms with Crippen molar-refractivity contribution in [2.45, 2.75) is 25.2 Å². The summed E-state index contributed by atoms with van der Waals surface area (Å²) in [6.07, 6.45) is 4.40. The Hall–Kier alpha value is -2.19. The number of fused-ring (bicyclic) bond motifs is 3. The van der Waals surface area contributed by atoms with Gasteiger partial charge in [0.25, 0.3) is 0 Å². The molecule has 0 saturated carbocycles. The van der Waals surface area contributed by atoms with Crippen LogP contribution >= 0.6 is 11.6 Å². The van der Waals surface area contributed by atoms with E-state index in [2.05, 4.69) is 36.9 Å². The normalized spacial score (nSPS) is 16.7. The summed E-state index contributed by atoms with van der Waals surface area (Å²) in [5, 5.41) is 2.04. The van der Waals surface area contributed by atoms with Crippen LogP contribution in [0.3, 0.4) is 0 Å². The summed E-state index contributed by atoms with van der Waals surface area (Å²) < 4.78 is 27.6. The maximum atomic E-state index is 13.8. The standard InChI is InChI=1S/C22H17ClF2/c1-2-13-3-7-18-15(9-13)4-5-16-10-14(6-8-19(16)18)17-11-20(24)22(23)21(25)12-17/h2-5,7,9,11-12,14H,1,6,8,10H2. The Kier molecular flexibility index (Phi) is 4.09. The highest BCUT2D eigenvalue weighted by Gasteiger charge is 2.23. The van der Waals surface area contributed by atoms with Crippen molar-refractivity contribution in [2.75, 3.05) is 0 Å².